The zero-order valence-electron chi connectivity index (χ0n) is 12.3. The maximum absolute atomic E-state index is 12.6. The largest absolute Gasteiger partial charge is 0.469 e. The van der Waals surface area contributed by atoms with Crippen molar-refractivity contribution in [3.63, 3.8) is 0 Å². The highest BCUT2D eigenvalue weighted by Gasteiger charge is 2.34. The Morgan fingerprint density at radius 1 is 1.05 bits per heavy atom. The molecule has 2 aliphatic rings. The van der Waals surface area contributed by atoms with Crippen LogP contribution in [-0.2, 0) is 14.3 Å². The lowest BCUT2D eigenvalue weighted by molar-refractivity contribution is -0.149. The van der Waals surface area contributed by atoms with E-state index in [1.54, 1.807) is 0 Å². The number of ether oxygens (including phenoxy) is 1. The molecule has 1 amide bonds. The fourth-order valence-corrected chi connectivity index (χ4v) is 3.38. The van der Waals surface area contributed by atoms with Crippen molar-refractivity contribution < 1.29 is 14.3 Å². The van der Waals surface area contributed by atoms with Gasteiger partial charge in [-0.05, 0) is 25.7 Å². The minimum atomic E-state index is -0.150. The van der Waals surface area contributed by atoms with Crippen molar-refractivity contribution in [3.05, 3.63) is 0 Å². The van der Waals surface area contributed by atoms with Gasteiger partial charge >= 0.3 is 5.97 Å². The van der Waals surface area contributed by atoms with Gasteiger partial charge in [0, 0.05) is 19.1 Å². The van der Waals surface area contributed by atoms with Crippen LogP contribution < -0.4 is 5.73 Å². The Kier molecular flexibility index (Phi) is 5.40. The predicted octanol–water partition coefficient (Wildman–Crippen LogP) is 1.31. The lowest BCUT2D eigenvalue weighted by Crippen LogP contribution is -2.47. The first kappa shape index (κ1) is 15.3. The molecule has 2 N–H and O–H groups in total. The fraction of sp³-hybridized carbons (Fsp3) is 0.867. The van der Waals surface area contributed by atoms with E-state index in [0.717, 1.165) is 25.7 Å². The van der Waals surface area contributed by atoms with Crippen LogP contribution in [0.2, 0.25) is 0 Å². The Morgan fingerprint density at radius 3 is 2.35 bits per heavy atom. The first-order chi connectivity index (χ1) is 9.63. The highest BCUT2D eigenvalue weighted by molar-refractivity contribution is 5.80. The van der Waals surface area contributed by atoms with E-state index in [2.05, 4.69) is 0 Å². The second kappa shape index (κ2) is 7.07. The summed E-state index contributed by atoms with van der Waals surface area (Å²) in [7, 11) is 1.42. The van der Waals surface area contributed by atoms with E-state index in [-0.39, 0.29) is 29.8 Å². The maximum Gasteiger partial charge on any atom is 0.308 e. The summed E-state index contributed by atoms with van der Waals surface area (Å²) in [6, 6.07) is 0.00308. The zero-order valence-corrected chi connectivity index (χ0v) is 12.3. The van der Waals surface area contributed by atoms with Gasteiger partial charge in [-0.2, -0.15) is 0 Å². The highest BCUT2D eigenvalue weighted by atomic mass is 16.5. The van der Waals surface area contributed by atoms with Crippen LogP contribution in [0.25, 0.3) is 0 Å². The SMILES string of the molecule is COC(=O)C1CCN(C(=O)C2CCCCCC2N)CC1. The van der Waals surface area contributed by atoms with Crippen LogP contribution in [0.5, 0.6) is 0 Å². The fourth-order valence-electron chi connectivity index (χ4n) is 3.38. The van der Waals surface area contributed by atoms with Crippen LogP contribution >= 0.6 is 0 Å². The van der Waals surface area contributed by atoms with E-state index in [0.29, 0.717) is 25.9 Å². The van der Waals surface area contributed by atoms with Gasteiger partial charge < -0.3 is 15.4 Å². The number of amides is 1. The Morgan fingerprint density at radius 2 is 1.70 bits per heavy atom. The number of piperidine rings is 1. The van der Waals surface area contributed by atoms with Crippen molar-refractivity contribution in [1.82, 2.24) is 4.90 Å². The summed E-state index contributed by atoms with van der Waals surface area (Å²) in [6.07, 6.45) is 6.70. The summed E-state index contributed by atoms with van der Waals surface area (Å²) in [6.45, 7) is 1.31. The van der Waals surface area contributed by atoms with Crippen molar-refractivity contribution in [3.8, 4) is 0 Å². The smallest absolute Gasteiger partial charge is 0.308 e. The van der Waals surface area contributed by atoms with Crippen LogP contribution in [0.1, 0.15) is 44.9 Å². The molecule has 5 nitrogen and oxygen atoms in total. The average molecular weight is 282 g/mol. The number of esters is 1. The van der Waals surface area contributed by atoms with Crippen molar-refractivity contribution in [2.24, 2.45) is 17.6 Å². The number of carbonyl (C=O) groups excluding carboxylic acids is 2. The third-order valence-electron chi connectivity index (χ3n) is 4.73. The van der Waals surface area contributed by atoms with Crippen molar-refractivity contribution in [2.45, 2.75) is 51.0 Å². The standard InChI is InChI=1S/C15H26N2O3/c1-20-15(19)11-7-9-17(10-8-11)14(18)12-5-3-2-4-6-13(12)16/h11-13H,2-10,16H2,1H3. The lowest BCUT2D eigenvalue weighted by Gasteiger charge is -2.34. The van der Waals surface area contributed by atoms with Gasteiger partial charge in [-0.15, -0.1) is 0 Å². The second-order valence-electron chi connectivity index (χ2n) is 6.03. The Balaban J connectivity index is 1.89. The Hall–Kier alpha value is -1.10. The molecule has 0 radical (unpaired) electrons. The molecule has 2 atom stereocenters. The first-order valence-electron chi connectivity index (χ1n) is 7.75. The monoisotopic (exact) mass is 282 g/mol. The van der Waals surface area contributed by atoms with Crippen LogP contribution in [0.4, 0.5) is 0 Å². The summed E-state index contributed by atoms with van der Waals surface area (Å²) in [4.78, 5) is 26.0. The van der Waals surface area contributed by atoms with Gasteiger partial charge in [0.25, 0.3) is 0 Å². The third kappa shape index (κ3) is 3.51. The highest BCUT2D eigenvalue weighted by Crippen LogP contribution is 2.26. The van der Waals surface area contributed by atoms with E-state index in [9.17, 15) is 9.59 Å². The minimum Gasteiger partial charge on any atom is -0.469 e. The number of carbonyl (C=O) groups is 2. The van der Waals surface area contributed by atoms with Crippen LogP contribution in [0.15, 0.2) is 0 Å². The van der Waals surface area contributed by atoms with E-state index in [1.165, 1.54) is 13.5 Å². The molecule has 0 spiro atoms. The van der Waals surface area contributed by atoms with Gasteiger partial charge in [-0.25, -0.2) is 0 Å². The molecular weight excluding hydrogens is 256 g/mol. The molecule has 2 rings (SSSR count). The van der Waals surface area contributed by atoms with E-state index >= 15 is 0 Å². The summed E-state index contributed by atoms with van der Waals surface area (Å²) >= 11 is 0. The third-order valence-corrected chi connectivity index (χ3v) is 4.73. The molecule has 114 valence electrons. The molecule has 0 aromatic heterocycles. The maximum atomic E-state index is 12.6. The Labute approximate surface area is 120 Å². The molecule has 5 heteroatoms. The number of likely N-dealkylation sites (tertiary alicyclic amines) is 1. The normalized spacial score (nSPS) is 28.8. The van der Waals surface area contributed by atoms with Crippen LogP contribution in [-0.4, -0.2) is 43.0 Å². The van der Waals surface area contributed by atoms with Crippen molar-refractivity contribution in [1.29, 1.82) is 0 Å². The number of nitrogens with two attached hydrogens (primary N) is 1. The molecular formula is C15H26N2O3. The molecule has 1 saturated carbocycles. The summed E-state index contributed by atoms with van der Waals surface area (Å²) in [5, 5.41) is 0. The Bertz CT molecular complexity index is 351. The predicted molar refractivity (Wildman–Crippen MR) is 75.9 cm³/mol. The quantitative estimate of drug-likeness (QED) is 0.612. The number of methoxy groups -OCH3 is 1. The van der Waals surface area contributed by atoms with Gasteiger partial charge in [-0.1, -0.05) is 19.3 Å². The van der Waals surface area contributed by atoms with E-state index in [4.69, 9.17) is 10.5 Å². The molecule has 20 heavy (non-hydrogen) atoms. The lowest BCUT2D eigenvalue weighted by atomic mass is 9.91. The number of rotatable bonds is 2. The van der Waals surface area contributed by atoms with E-state index in [1.807, 2.05) is 4.90 Å². The number of hydrogen-bond donors (Lipinski definition) is 1. The molecule has 1 heterocycles. The van der Waals surface area contributed by atoms with E-state index < -0.39 is 0 Å². The first-order valence-corrected chi connectivity index (χ1v) is 7.75. The second-order valence-corrected chi connectivity index (χ2v) is 6.03. The van der Waals surface area contributed by atoms with Gasteiger partial charge in [-0.3, -0.25) is 9.59 Å². The number of nitrogens with zero attached hydrogens (tertiary/aromatic N) is 1. The van der Waals surface area contributed by atoms with Crippen LogP contribution in [0, 0.1) is 11.8 Å². The van der Waals surface area contributed by atoms with Gasteiger partial charge in [0.15, 0.2) is 0 Å². The van der Waals surface area contributed by atoms with Crippen molar-refractivity contribution >= 4 is 11.9 Å². The summed E-state index contributed by atoms with van der Waals surface area (Å²) in [5.41, 5.74) is 6.16. The molecule has 2 fully saturated rings. The molecule has 0 aromatic rings. The molecule has 0 aromatic carbocycles. The molecule has 2 unspecified atom stereocenters. The molecule has 1 aliphatic heterocycles. The van der Waals surface area contributed by atoms with Gasteiger partial charge in [0.1, 0.15) is 0 Å². The van der Waals surface area contributed by atoms with Gasteiger partial charge in [0.05, 0.1) is 18.9 Å². The molecule has 1 saturated heterocycles. The summed E-state index contributed by atoms with van der Waals surface area (Å²) < 4.78 is 4.77. The average Bonchev–Trinajstić information content (AvgIpc) is 2.70. The molecule has 1 aliphatic carbocycles. The van der Waals surface area contributed by atoms with Crippen molar-refractivity contribution in [2.75, 3.05) is 20.2 Å². The number of hydrogen-bond acceptors (Lipinski definition) is 4. The van der Waals surface area contributed by atoms with Crippen LogP contribution in [0.3, 0.4) is 0 Å². The zero-order chi connectivity index (χ0) is 14.5. The summed E-state index contributed by atoms with van der Waals surface area (Å²) in [5.74, 6) is -0.0231. The topological polar surface area (TPSA) is 72.6 Å². The molecule has 0 bridgehead atoms. The minimum absolute atomic E-state index is 0.00308. The van der Waals surface area contributed by atoms with Gasteiger partial charge in [0.2, 0.25) is 5.91 Å².